The first-order valence-electron chi connectivity index (χ1n) is 13.1. The van der Waals surface area contributed by atoms with Crippen LogP contribution in [0.15, 0.2) is 40.9 Å². The van der Waals surface area contributed by atoms with E-state index in [1.807, 2.05) is 0 Å². The first-order valence-corrected chi connectivity index (χ1v) is 13.9. The van der Waals surface area contributed by atoms with Crippen LogP contribution in [0.5, 0.6) is 0 Å². The fourth-order valence-corrected chi connectivity index (χ4v) is 6.01. The molecule has 0 saturated carbocycles. The molecule has 172 valence electrons. The van der Waals surface area contributed by atoms with E-state index in [2.05, 4.69) is 72.1 Å². The van der Waals surface area contributed by atoms with Crippen molar-refractivity contribution in [3.05, 3.63) is 57.6 Å². The largest absolute Gasteiger partial charge is 0.115 e. The number of hydrogen-bond donors (Lipinski definition) is 0. The molecule has 0 amide bonds. The molecule has 3 rings (SSSR count). The van der Waals surface area contributed by atoms with Gasteiger partial charge in [-0.25, -0.2) is 0 Å². The van der Waals surface area contributed by atoms with Gasteiger partial charge in [-0.1, -0.05) is 125 Å². The summed E-state index contributed by atoms with van der Waals surface area (Å²) in [4.78, 5) is 0. The molecule has 1 aliphatic carbocycles. The van der Waals surface area contributed by atoms with Crippen LogP contribution in [0.4, 0.5) is 0 Å². The molecule has 1 heteroatoms. The Balaban J connectivity index is 1.88. The third-order valence-electron chi connectivity index (χ3n) is 7.40. The molecule has 1 aliphatic rings. The number of unbranched alkanes of at least 4 members (excludes halogenated alkanes) is 10. The van der Waals surface area contributed by atoms with Crippen LogP contribution < -0.4 is 0 Å². The Kier molecular flexibility index (Phi) is 9.92. The van der Waals surface area contributed by atoms with E-state index in [1.54, 1.807) is 0 Å². The SMILES string of the molecule is C#Cc1ccc2c(c1)C(CCCCCCCC)(CCCCCCCC)c1ccc(Br)cc1-2. The zero-order chi connectivity index (χ0) is 22.8. The third-order valence-corrected chi connectivity index (χ3v) is 7.90. The molecular formula is C31H41Br. The average Bonchev–Trinajstić information content (AvgIpc) is 3.07. The molecule has 0 unspecified atom stereocenters. The molecule has 0 spiro atoms. The molecule has 0 heterocycles. The van der Waals surface area contributed by atoms with Crippen LogP contribution in [-0.4, -0.2) is 0 Å². The minimum absolute atomic E-state index is 0.119. The summed E-state index contributed by atoms with van der Waals surface area (Å²) >= 11 is 3.73. The summed E-state index contributed by atoms with van der Waals surface area (Å²) in [7, 11) is 0. The van der Waals surface area contributed by atoms with Gasteiger partial charge in [0, 0.05) is 15.5 Å². The van der Waals surface area contributed by atoms with Crippen molar-refractivity contribution in [2.45, 2.75) is 109 Å². The molecule has 0 saturated heterocycles. The maximum atomic E-state index is 5.84. The Morgan fingerprint density at radius 1 is 0.688 bits per heavy atom. The van der Waals surface area contributed by atoms with Gasteiger partial charge in [0.1, 0.15) is 0 Å². The maximum absolute atomic E-state index is 5.84. The molecule has 2 aromatic carbocycles. The summed E-state index contributed by atoms with van der Waals surface area (Å²) in [6.07, 6.45) is 24.5. The second-order valence-corrected chi connectivity index (χ2v) is 10.6. The number of halogens is 1. The standard InChI is InChI=1S/C31H41Br/c1-4-7-9-11-13-15-21-31(22-16-14-12-10-8-5-2)29-20-18-26(32)24-28(29)27-19-17-25(6-3)23-30(27)31/h3,17-20,23-24H,4-5,7-16,21-22H2,1-2H3. The molecule has 0 atom stereocenters. The minimum Gasteiger partial charge on any atom is -0.115 e. The first kappa shape index (κ1) is 25.1. The van der Waals surface area contributed by atoms with Gasteiger partial charge in [-0.05, 0) is 59.4 Å². The second kappa shape index (κ2) is 12.6. The van der Waals surface area contributed by atoms with Gasteiger partial charge in [-0.2, -0.15) is 0 Å². The molecule has 0 nitrogen and oxygen atoms in total. The van der Waals surface area contributed by atoms with Crippen LogP contribution in [0.1, 0.15) is 120 Å². The predicted octanol–water partition coefficient (Wildman–Crippen LogP) is 10.2. The van der Waals surface area contributed by atoms with Gasteiger partial charge in [0.05, 0.1) is 0 Å². The van der Waals surface area contributed by atoms with Crippen LogP contribution >= 0.6 is 15.9 Å². The van der Waals surface area contributed by atoms with Crippen molar-refractivity contribution < 1.29 is 0 Å². The molecule has 0 aromatic heterocycles. The Hall–Kier alpha value is -1.52. The monoisotopic (exact) mass is 492 g/mol. The Morgan fingerprint density at radius 2 is 1.28 bits per heavy atom. The summed E-state index contributed by atoms with van der Waals surface area (Å²) in [5, 5.41) is 0. The lowest BCUT2D eigenvalue weighted by atomic mass is 9.70. The summed E-state index contributed by atoms with van der Waals surface area (Å²) < 4.78 is 1.16. The van der Waals surface area contributed by atoms with E-state index in [9.17, 15) is 0 Å². The lowest BCUT2D eigenvalue weighted by Gasteiger charge is -2.33. The van der Waals surface area contributed by atoms with Crippen LogP contribution in [-0.2, 0) is 5.41 Å². The zero-order valence-electron chi connectivity index (χ0n) is 20.3. The quantitative estimate of drug-likeness (QED) is 0.181. The highest BCUT2D eigenvalue weighted by atomic mass is 79.9. The number of benzene rings is 2. The van der Waals surface area contributed by atoms with Crippen molar-refractivity contribution in [3.63, 3.8) is 0 Å². The Morgan fingerprint density at radius 3 is 1.88 bits per heavy atom. The van der Waals surface area contributed by atoms with E-state index < -0.39 is 0 Å². The normalized spacial score (nSPS) is 13.6. The van der Waals surface area contributed by atoms with Crippen LogP contribution in [0.3, 0.4) is 0 Å². The van der Waals surface area contributed by atoms with Gasteiger partial charge in [0.25, 0.3) is 0 Å². The topological polar surface area (TPSA) is 0 Å². The van der Waals surface area contributed by atoms with Crippen molar-refractivity contribution in [3.8, 4) is 23.5 Å². The number of hydrogen-bond acceptors (Lipinski definition) is 0. The van der Waals surface area contributed by atoms with Crippen molar-refractivity contribution in [2.75, 3.05) is 0 Å². The fourth-order valence-electron chi connectivity index (χ4n) is 5.64. The highest BCUT2D eigenvalue weighted by Crippen LogP contribution is 2.54. The zero-order valence-corrected chi connectivity index (χ0v) is 21.9. The lowest BCUT2D eigenvalue weighted by Crippen LogP contribution is -2.25. The van der Waals surface area contributed by atoms with Crippen LogP contribution in [0.2, 0.25) is 0 Å². The summed E-state index contributed by atoms with van der Waals surface area (Å²) in [5.41, 5.74) is 6.97. The van der Waals surface area contributed by atoms with Gasteiger partial charge < -0.3 is 0 Å². The number of rotatable bonds is 14. The maximum Gasteiger partial charge on any atom is 0.0246 e. The summed E-state index contributed by atoms with van der Waals surface area (Å²) in [6.45, 7) is 4.59. The minimum atomic E-state index is 0.119. The van der Waals surface area contributed by atoms with E-state index in [-0.39, 0.29) is 5.41 Å². The highest BCUT2D eigenvalue weighted by Gasteiger charge is 2.42. The van der Waals surface area contributed by atoms with Crippen molar-refractivity contribution in [2.24, 2.45) is 0 Å². The molecule has 32 heavy (non-hydrogen) atoms. The molecule has 0 aliphatic heterocycles. The van der Waals surface area contributed by atoms with Crippen molar-refractivity contribution in [1.82, 2.24) is 0 Å². The summed E-state index contributed by atoms with van der Waals surface area (Å²) in [6, 6.07) is 13.7. The molecule has 0 radical (unpaired) electrons. The van der Waals surface area contributed by atoms with E-state index in [4.69, 9.17) is 6.42 Å². The van der Waals surface area contributed by atoms with E-state index >= 15 is 0 Å². The molecule has 2 aromatic rings. The van der Waals surface area contributed by atoms with E-state index in [0.717, 1.165) is 10.0 Å². The van der Waals surface area contributed by atoms with Crippen molar-refractivity contribution >= 4 is 15.9 Å². The molecule has 0 N–H and O–H groups in total. The smallest absolute Gasteiger partial charge is 0.0246 e. The number of fused-ring (bicyclic) bond motifs is 3. The van der Waals surface area contributed by atoms with E-state index in [1.165, 1.54) is 112 Å². The van der Waals surface area contributed by atoms with Gasteiger partial charge in [0.2, 0.25) is 0 Å². The third kappa shape index (κ3) is 5.88. The Labute approximate surface area is 205 Å². The fraction of sp³-hybridized carbons (Fsp3) is 0.548. The van der Waals surface area contributed by atoms with E-state index in [0.29, 0.717) is 0 Å². The molecular weight excluding hydrogens is 452 g/mol. The number of terminal acetylenes is 1. The van der Waals surface area contributed by atoms with Crippen molar-refractivity contribution in [1.29, 1.82) is 0 Å². The Bertz CT molecular complexity index is 885. The second-order valence-electron chi connectivity index (χ2n) is 9.71. The van der Waals surface area contributed by atoms with Gasteiger partial charge >= 0.3 is 0 Å². The van der Waals surface area contributed by atoms with Gasteiger partial charge in [-0.3, -0.25) is 0 Å². The van der Waals surface area contributed by atoms with Crippen LogP contribution in [0, 0.1) is 12.3 Å². The molecule has 0 fully saturated rings. The summed E-state index contributed by atoms with van der Waals surface area (Å²) in [5.74, 6) is 2.90. The highest BCUT2D eigenvalue weighted by molar-refractivity contribution is 9.10. The van der Waals surface area contributed by atoms with Gasteiger partial charge in [-0.15, -0.1) is 6.42 Å². The molecule has 0 bridgehead atoms. The first-order chi connectivity index (χ1) is 15.7. The van der Waals surface area contributed by atoms with Gasteiger partial charge in [0.15, 0.2) is 0 Å². The van der Waals surface area contributed by atoms with Crippen LogP contribution in [0.25, 0.3) is 11.1 Å². The predicted molar refractivity (Wildman–Crippen MR) is 144 cm³/mol. The average molecular weight is 494 g/mol. The lowest BCUT2D eigenvalue weighted by molar-refractivity contribution is 0.398.